The van der Waals surface area contributed by atoms with Crippen LogP contribution in [0.2, 0.25) is 0 Å². The highest BCUT2D eigenvalue weighted by Crippen LogP contribution is 2.45. The van der Waals surface area contributed by atoms with Gasteiger partial charge in [-0.1, -0.05) is 20.8 Å². The molecule has 0 aromatic heterocycles. The van der Waals surface area contributed by atoms with Crippen molar-refractivity contribution in [1.82, 2.24) is 0 Å². The fourth-order valence-electron chi connectivity index (χ4n) is 2.14. The van der Waals surface area contributed by atoms with E-state index in [1.807, 2.05) is 20.8 Å². The van der Waals surface area contributed by atoms with Crippen LogP contribution in [0.3, 0.4) is 0 Å². The molecular formula is C9H16F2. The molecule has 1 fully saturated rings. The van der Waals surface area contributed by atoms with E-state index in [-0.39, 0.29) is 24.7 Å². The van der Waals surface area contributed by atoms with Crippen LogP contribution in [-0.4, -0.2) is 5.92 Å². The van der Waals surface area contributed by atoms with Crippen molar-refractivity contribution in [3.63, 3.8) is 0 Å². The fraction of sp³-hybridized carbons (Fsp3) is 1.00. The van der Waals surface area contributed by atoms with Crippen LogP contribution in [0.5, 0.6) is 0 Å². The highest BCUT2D eigenvalue weighted by Gasteiger charge is 2.44. The molecule has 0 aliphatic heterocycles. The van der Waals surface area contributed by atoms with E-state index in [1.54, 1.807) is 0 Å². The van der Waals surface area contributed by atoms with E-state index in [1.165, 1.54) is 0 Å². The van der Waals surface area contributed by atoms with E-state index in [9.17, 15) is 8.78 Å². The van der Waals surface area contributed by atoms with Crippen LogP contribution in [0.15, 0.2) is 0 Å². The molecule has 1 rings (SSSR count). The predicted octanol–water partition coefficient (Wildman–Crippen LogP) is 3.32. The van der Waals surface area contributed by atoms with Gasteiger partial charge in [0.25, 0.3) is 0 Å². The minimum Gasteiger partial charge on any atom is -0.207 e. The van der Waals surface area contributed by atoms with Crippen LogP contribution in [0.4, 0.5) is 8.78 Å². The normalized spacial score (nSPS) is 36.5. The minimum absolute atomic E-state index is 0.0931. The van der Waals surface area contributed by atoms with Gasteiger partial charge in [0.15, 0.2) is 0 Å². The molecule has 0 aromatic rings. The number of halogens is 2. The molecule has 11 heavy (non-hydrogen) atoms. The van der Waals surface area contributed by atoms with Crippen LogP contribution in [-0.2, 0) is 0 Å². The topological polar surface area (TPSA) is 0 Å². The zero-order chi connectivity index (χ0) is 8.65. The molecular weight excluding hydrogens is 146 g/mol. The second kappa shape index (κ2) is 2.72. The molecule has 0 bridgehead atoms. The van der Waals surface area contributed by atoms with Crippen molar-refractivity contribution in [2.75, 3.05) is 0 Å². The van der Waals surface area contributed by atoms with Gasteiger partial charge in [-0.05, 0) is 17.8 Å². The summed E-state index contributed by atoms with van der Waals surface area (Å²) >= 11 is 0. The fourth-order valence-corrected chi connectivity index (χ4v) is 2.14. The van der Waals surface area contributed by atoms with Gasteiger partial charge in [-0.25, -0.2) is 8.78 Å². The first kappa shape index (κ1) is 8.95. The van der Waals surface area contributed by atoms with E-state index < -0.39 is 5.92 Å². The summed E-state index contributed by atoms with van der Waals surface area (Å²) in [5, 5.41) is 0. The van der Waals surface area contributed by atoms with Crippen LogP contribution in [0, 0.1) is 17.8 Å². The van der Waals surface area contributed by atoms with Gasteiger partial charge in [-0.3, -0.25) is 0 Å². The Morgan fingerprint density at radius 1 is 1.27 bits per heavy atom. The second-order valence-corrected chi connectivity index (χ2v) is 4.15. The van der Waals surface area contributed by atoms with Crippen molar-refractivity contribution in [2.24, 2.45) is 17.8 Å². The Bertz CT molecular complexity index is 140. The quantitative estimate of drug-likeness (QED) is 0.554. The Balaban J connectivity index is 2.59. The second-order valence-electron chi connectivity index (χ2n) is 4.15. The molecule has 0 N–H and O–H groups in total. The molecule has 0 amide bonds. The van der Waals surface area contributed by atoms with Crippen molar-refractivity contribution in [2.45, 2.75) is 39.5 Å². The Labute approximate surface area is 67.0 Å². The summed E-state index contributed by atoms with van der Waals surface area (Å²) in [6.45, 7) is 6.00. The third-order valence-corrected chi connectivity index (χ3v) is 2.74. The van der Waals surface area contributed by atoms with Crippen molar-refractivity contribution in [3.8, 4) is 0 Å². The van der Waals surface area contributed by atoms with E-state index in [2.05, 4.69) is 0 Å². The van der Waals surface area contributed by atoms with E-state index in [4.69, 9.17) is 0 Å². The van der Waals surface area contributed by atoms with Crippen LogP contribution < -0.4 is 0 Å². The van der Waals surface area contributed by atoms with Gasteiger partial charge < -0.3 is 0 Å². The molecule has 1 aliphatic rings. The molecule has 1 saturated carbocycles. The highest BCUT2D eigenvalue weighted by atomic mass is 19.3. The maximum absolute atomic E-state index is 12.8. The lowest BCUT2D eigenvalue weighted by Gasteiger charge is -2.17. The van der Waals surface area contributed by atoms with Gasteiger partial charge in [0.05, 0.1) is 0 Å². The lowest BCUT2D eigenvalue weighted by Crippen LogP contribution is -2.12. The lowest BCUT2D eigenvalue weighted by atomic mass is 9.87. The lowest BCUT2D eigenvalue weighted by molar-refractivity contribution is 0.00140. The molecule has 66 valence electrons. The molecule has 0 saturated heterocycles. The number of hydrogen-bond donors (Lipinski definition) is 0. The number of hydrogen-bond acceptors (Lipinski definition) is 0. The molecule has 0 nitrogen and oxygen atoms in total. The van der Waals surface area contributed by atoms with E-state index in [0.29, 0.717) is 5.92 Å². The molecule has 0 aromatic carbocycles. The van der Waals surface area contributed by atoms with Gasteiger partial charge in [0, 0.05) is 12.8 Å². The largest absolute Gasteiger partial charge is 0.248 e. The Kier molecular flexibility index (Phi) is 2.22. The summed E-state index contributed by atoms with van der Waals surface area (Å²) in [6.07, 6.45) is 0.196. The summed E-state index contributed by atoms with van der Waals surface area (Å²) < 4.78 is 25.6. The zero-order valence-corrected chi connectivity index (χ0v) is 7.40. The smallest absolute Gasteiger partial charge is 0.207 e. The molecule has 0 spiro atoms. The van der Waals surface area contributed by atoms with E-state index >= 15 is 0 Å². The summed E-state index contributed by atoms with van der Waals surface area (Å²) in [5.41, 5.74) is 0. The average Bonchev–Trinajstić information content (AvgIpc) is 2.05. The number of alkyl halides is 2. The standard InChI is InChI=1S/C9H16F2/c1-6(2)8-5-9(10,11)4-7(8)3/h6-8H,4-5H2,1-3H3. The SMILES string of the molecule is CC(C)C1CC(F)(F)CC1C. The number of rotatable bonds is 1. The van der Waals surface area contributed by atoms with Crippen molar-refractivity contribution in [1.29, 1.82) is 0 Å². The third kappa shape index (κ3) is 1.91. The maximum Gasteiger partial charge on any atom is 0.248 e. The molecule has 2 unspecified atom stereocenters. The third-order valence-electron chi connectivity index (χ3n) is 2.74. The van der Waals surface area contributed by atoms with Gasteiger partial charge >= 0.3 is 0 Å². The summed E-state index contributed by atoms with van der Waals surface area (Å²) in [7, 11) is 0. The first-order chi connectivity index (χ1) is 4.92. The Morgan fingerprint density at radius 2 is 1.82 bits per heavy atom. The zero-order valence-electron chi connectivity index (χ0n) is 7.40. The highest BCUT2D eigenvalue weighted by molar-refractivity contribution is 4.87. The first-order valence-corrected chi connectivity index (χ1v) is 4.30. The van der Waals surface area contributed by atoms with E-state index in [0.717, 1.165) is 0 Å². The minimum atomic E-state index is -2.38. The maximum atomic E-state index is 12.8. The summed E-state index contributed by atoms with van der Waals surface area (Å²) in [4.78, 5) is 0. The monoisotopic (exact) mass is 162 g/mol. The molecule has 2 heteroatoms. The van der Waals surface area contributed by atoms with Crippen LogP contribution in [0.25, 0.3) is 0 Å². The Morgan fingerprint density at radius 3 is 2.00 bits per heavy atom. The van der Waals surface area contributed by atoms with Gasteiger partial charge in [0.1, 0.15) is 0 Å². The average molecular weight is 162 g/mol. The first-order valence-electron chi connectivity index (χ1n) is 4.30. The summed E-state index contributed by atoms with van der Waals surface area (Å²) in [5.74, 6) is -1.55. The molecule has 0 heterocycles. The molecule has 0 radical (unpaired) electrons. The molecule has 1 aliphatic carbocycles. The van der Waals surface area contributed by atoms with Crippen LogP contribution in [0.1, 0.15) is 33.6 Å². The van der Waals surface area contributed by atoms with Gasteiger partial charge in [-0.2, -0.15) is 0 Å². The van der Waals surface area contributed by atoms with Crippen molar-refractivity contribution in [3.05, 3.63) is 0 Å². The van der Waals surface area contributed by atoms with Crippen LogP contribution >= 0.6 is 0 Å². The Hall–Kier alpha value is -0.140. The van der Waals surface area contributed by atoms with Crippen molar-refractivity contribution >= 4 is 0 Å². The summed E-state index contributed by atoms with van der Waals surface area (Å²) in [6, 6.07) is 0. The van der Waals surface area contributed by atoms with Gasteiger partial charge in [-0.15, -0.1) is 0 Å². The molecule has 2 atom stereocenters. The predicted molar refractivity (Wildman–Crippen MR) is 41.7 cm³/mol. The van der Waals surface area contributed by atoms with Crippen molar-refractivity contribution < 1.29 is 8.78 Å². The van der Waals surface area contributed by atoms with Gasteiger partial charge in [0.2, 0.25) is 5.92 Å².